The van der Waals surface area contributed by atoms with Crippen LogP contribution < -0.4 is 10.6 Å². The van der Waals surface area contributed by atoms with E-state index in [9.17, 15) is 0 Å². The Morgan fingerprint density at radius 1 is 1.21 bits per heavy atom. The summed E-state index contributed by atoms with van der Waals surface area (Å²) in [6.45, 7) is 6.34. The van der Waals surface area contributed by atoms with Gasteiger partial charge in [-0.05, 0) is 25.7 Å². The fraction of sp³-hybridized carbons (Fsp3) is 0.800. The highest BCUT2D eigenvalue weighted by atomic mass is 15.3. The molecule has 4 heteroatoms. The van der Waals surface area contributed by atoms with Crippen LogP contribution >= 0.6 is 0 Å². The van der Waals surface area contributed by atoms with E-state index in [0.29, 0.717) is 12.0 Å². The molecule has 2 aliphatic rings. The lowest BCUT2D eigenvalue weighted by molar-refractivity contribution is 0.353. The van der Waals surface area contributed by atoms with E-state index in [0.717, 1.165) is 24.7 Å². The summed E-state index contributed by atoms with van der Waals surface area (Å²) >= 11 is 0. The molecule has 2 N–H and O–H groups in total. The zero-order valence-corrected chi connectivity index (χ0v) is 12.2. The minimum Gasteiger partial charge on any atom is -0.340 e. The summed E-state index contributed by atoms with van der Waals surface area (Å²) < 4.78 is 2.43. The van der Waals surface area contributed by atoms with Crippen LogP contribution in [0.4, 0.5) is 5.95 Å². The molecule has 19 heavy (non-hydrogen) atoms. The third-order valence-corrected chi connectivity index (χ3v) is 4.75. The summed E-state index contributed by atoms with van der Waals surface area (Å²) in [6, 6.07) is 0.939. The minimum atomic E-state index is 0.289. The molecular formula is C15H26N4. The molecule has 0 aromatic carbocycles. The molecule has 2 atom stereocenters. The average molecular weight is 262 g/mol. The van der Waals surface area contributed by atoms with Crippen LogP contribution in [0, 0.1) is 12.8 Å². The van der Waals surface area contributed by atoms with E-state index < -0.39 is 0 Å². The van der Waals surface area contributed by atoms with Crippen molar-refractivity contribution in [3.8, 4) is 0 Å². The third-order valence-electron chi connectivity index (χ3n) is 4.75. The van der Waals surface area contributed by atoms with Crippen molar-refractivity contribution in [3.05, 3.63) is 11.9 Å². The molecule has 1 saturated carbocycles. The van der Waals surface area contributed by atoms with E-state index >= 15 is 0 Å². The molecule has 1 aliphatic carbocycles. The maximum absolute atomic E-state index is 6.16. The van der Waals surface area contributed by atoms with Crippen molar-refractivity contribution in [3.63, 3.8) is 0 Å². The number of aryl methyl sites for hydroxylation is 1. The summed E-state index contributed by atoms with van der Waals surface area (Å²) in [7, 11) is 0. The predicted octanol–water partition coefficient (Wildman–Crippen LogP) is 2.48. The van der Waals surface area contributed by atoms with Crippen molar-refractivity contribution < 1.29 is 0 Å². The smallest absolute Gasteiger partial charge is 0.206 e. The van der Waals surface area contributed by atoms with Crippen molar-refractivity contribution in [2.45, 2.75) is 58.0 Å². The van der Waals surface area contributed by atoms with Crippen LogP contribution in [0.1, 0.15) is 50.8 Å². The number of hydrogen-bond donors (Lipinski definition) is 1. The lowest BCUT2D eigenvalue weighted by Crippen LogP contribution is -2.30. The molecule has 1 aromatic heterocycles. The first-order valence-electron chi connectivity index (χ1n) is 7.71. The van der Waals surface area contributed by atoms with Crippen LogP contribution in [0.3, 0.4) is 0 Å². The Bertz CT molecular complexity index is 423. The molecule has 0 radical (unpaired) electrons. The number of rotatable bonds is 2. The maximum atomic E-state index is 6.16. The summed E-state index contributed by atoms with van der Waals surface area (Å²) in [4.78, 5) is 7.16. The van der Waals surface area contributed by atoms with Gasteiger partial charge in [0.1, 0.15) is 0 Å². The molecule has 1 aliphatic heterocycles. The van der Waals surface area contributed by atoms with Gasteiger partial charge in [0.2, 0.25) is 5.95 Å². The quantitative estimate of drug-likeness (QED) is 0.890. The molecule has 4 nitrogen and oxygen atoms in total. The van der Waals surface area contributed by atoms with E-state index in [1.54, 1.807) is 0 Å². The van der Waals surface area contributed by atoms with E-state index in [4.69, 9.17) is 10.7 Å². The van der Waals surface area contributed by atoms with Crippen molar-refractivity contribution in [2.75, 3.05) is 18.0 Å². The van der Waals surface area contributed by atoms with Gasteiger partial charge in [0.05, 0.1) is 5.69 Å². The van der Waals surface area contributed by atoms with E-state index in [2.05, 4.69) is 29.5 Å². The lowest BCUT2D eigenvalue weighted by Gasteiger charge is -2.27. The van der Waals surface area contributed by atoms with Crippen LogP contribution in [0.2, 0.25) is 0 Å². The first kappa shape index (κ1) is 13.0. The van der Waals surface area contributed by atoms with Crippen LogP contribution in [-0.4, -0.2) is 28.7 Å². The van der Waals surface area contributed by atoms with E-state index in [-0.39, 0.29) is 6.04 Å². The Morgan fingerprint density at radius 2 is 1.95 bits per heavy atom. The third kappa shape index (κ3) is 2.50. The van der Waals surface area contributed by atoms with Crippen molar-refractivity contribution >= 4 is 5.95 Å². The SMILES string of the molecule is Cc1cn(C2CCCCC2)c(N2CC(C)C(N)C2)n1. The second-order valence-electron chi connectivity index (χ2n) is 6.43. The number of imidazole rings is 1. The van der Waals surface area contributed by atoms with Gasteiger partial charge < -0.3 is 15.2 Å². The van der Waals surface area contributed by atoms with Gasteiger partial charge in [0.15, 0.2) is 0 Å². The topological polar surface area (TPSA) is 47.1 Å². The fourth-order valence-electron chi connectivity index (χ4n) is 3.52. The number of nitrogens with zero attached hydrogens (tertiary/aromatic N) is 3. The van der Waals surface area contributed by atoms with Gasteiger partial charge in [-0.25, -0.2) is 4.98 Å². The molecule has 2 heterocycles. The molecule has 0 bridgehead atoms. The van der Waals surface area contributed by atoms with Gasteiger partial charge in [0, 0.05) is 31.4 Å². The van der Waals surface area contributed by atoms with Crippen molar-refractivity contribution in [1.29, 1.82) is 0 Å². The highest BCUT2D eigenvalue weighted by Crippen LogP contribution is 2.33. The lowest BCUT2D eigenvalue weighted by atomic mass is 9.95. The molecular weight excluding hydrogens is 236 g/mol. The molecule has 1 saturated heterocycles. The molecule has 0 spiro atoms. The zero-order valence-electron chi connectivity index (χ0n) is 12.2. The molecule has 1 aromatic rings. The van der Waals surface area contributed by atoms with Crippen LogP contribution in [0.25, 0.3) is 0 Å². The highest BCUT2D eigenvalue weighted by molar-refractivity contribution is 5.36. The van der Waals surface area contributed by atoms with Crippen LogP contribution in [-0.2, 0) is 0 Å². The Kier molecular flexibility index (Phi) is 3.52. The van der Waals surface area contributed by atoms with E-state index in [1.807, 2.05) is 0 Å². The Hall–Kier alpha value is -1.03. The van der Waals surface area contributed by atoms with Gasteiger partial charge in [-0.3, -0.25) is 0 Å². The largest absolute Gasteiger partial charge is 0.340 e. The number of nitrogens with two attached hydrogens (primary N) is 1. The predicted molar refractivity (Wildman–Crippen MR) is 78.4 cm³/mol. The monoisotopic (exact) mass is 262 g/mol. The van der Waals surface area contributed by atoms with Crippen molar-refractivity contribution in [1.82, 2.24) is 9.55 Å². The summed E-state index contributed by atoms with van der Waals surface area (Å²) in [5.74, 6) is 1.72. The molecule has 2 fully saturated rings. The first-order valence-corrected chi connectivity index (χ1v) is 7.71. The fourth-order valence-corrected chi connectivity index (χ4v) is 3.52. The number of aromatic nitrogens is 2. The van der Waals surface area contributed by atoms with Gasteiger partial charge in [-0.15, -0.1) is 0 Å². The first-order chi connectivity index (χ1) is 9.15. The van der Waals surface area contributed by atoms with Gasteiger partial charge in [-0.1, -0.05) is 26.2 Å². The minimum absolute atomic E-state index is 0.289. The summed E-state index contributed by atoms with van der Waals surface area (Å²) in [5, 5.41) is 0. The van der Waals surface area contributed by atoms with E-state index in [1.165, 1.54) is 32.1 Å². The second-order valence-corrected chi connectivity index (χ2v) is 6.43. The molecule has 0 amide bonds. The highest BCUT2D eigenvalue weighted by Gasteiger charge is 2.30. The van der Waals surface area contributed by atoms with Gasteiger partial charge in [0.25, 0.3) is 0 Å². The van der Waals surface area contributed by atoms with Crippen LogP contribution in [0.15, 0.2) is 6.20 Å². The molecule has 2 unspecified atom stereocenters. The average Bonchev–Trinajstić information content (AvgIpc) is 2.95. The maximum Gasteiger partial charge on any atom is 0.206 e. The van der Waals surface area contributed by atoms with Gasteiger partial charge >= 0.3 is 0 Å². The Morgan fingerprint density at radius 3 is 2.58 bits per heavy atom. The standard InChI is InChI=1S/C15H26N4/c1-11-8-18(10-14(11)16)15-17-12(2)9-19(15)13-6-4-3-5-7-13/h9,11,13-14H,3-8,10,16H2,1-2H3. The molecule has 106 valence electrons. The summed E-state index contributed by atoms with van der Waals surface area (Å²) in [6.07, 6.45) is 8.95. The number of hydrogen-bond acceptors (Lipinski definition) is 3. The van der Waals surface area contributed by atoms with Crippen LogP contribution in [0.5, 0.6) is 0 Å². The Balaban J connectivity index is 1.84. The number of anilines is 1. The zero-order chi connectivity index (χ0) is 13.4. The normalized spacial score (nSPS) is 29.1. The summed E-state index contributed by atoms with van der Waals surface area (Å²) in [5.41, 5.74) is 7.30. The molecule has 3 rings (SSSR count). The second kappa shape index (κ2) is 5.16. The van der Waals surface area contributed by atoms with Gasteiger partial charge in [-0.2, -0.15) is 0 Å². The van der Waals surface area contributed by atoms with Crippen molar-refractivity contribution in [2.24, 2.45) is 11.7 Å². The Labute approximate surface area is 116 Å².